The molecule has 0 spiro atoms. The fraction of sp³-hybridized carbons (Fsp3) is 0.220. The fourth-order valence-electron chi connectivity index (χ4n) is 7.21. The minimum Gasteiger partial charge on any atom is -0.375 e. The zero-order valence-electron chi connectivity index (χ0n) is 30.3. The molecule has 286 valence electrons. The number of nitro benzene ring substituents is 1. The molecule has 1 aromatic heterocycles. The zero-order valence-corrected chi connectivity index (χ0v) is 32.7. The standard InChI is InChI=1S/C41H39ClN8O4S2/c42-31-12-10-29(11-13-31)36-9-5-4-6-30(36)26-47-20-22-48(23-21-47)33-14-16-37-39(24-33)43-28-44-41(37)46-56(53,54)35-15-17-38(40(25-35)50(51)52)45-32-18-19-49(27-32)55-34-7-2-1-3-8-34/h1-17,24-25,28,32,45H,18-23,26-27H2,(H,43,44,46)/t32-/m1/s1. The second kappa shape index (κ2) is 16.5. The van der Waals surface area contributed by atoms with Gasteiger partial charge in [-0.25, -0.2) is 22.7 Å². The van der Waals surface area contributed by atoms with Gasteiger partial charge in [0.2, 0.25) is 0 Å². The summed E-state index contributed by atoms with van der Waals surface area (Å²) < 4.78 is 32.0. The number of benzene rings is 5. The molecule has 6 aromatic rings. The van der Waals surface area contributed by atoms with Gasteiger partial charge in [-0.05, 0) is 89.7 Å². The molecule has 2 N–H and O–H groups in total. The van der Waals surface area contributed by atoms with Gasteiger partial charge in [0.1, 0.15) is 12.0 Å². The van der Waals surface area contributed by atoms with Gasteiger partial charge in [0, 0.05) is 78.9 Å². The number of nitro groups is 1. The highest BCUT2D eigenvalue weighted by Gasteiger charge is 2.28. The number of hydrogen-bond acceptors (Lipinski definition) is 11. The van der Waals surface area contributed by atoms with Gasteiger partial charge in [0.15, 0.2) is 5.82 Å². The third-order valence-electron chi connectivity index (χ3n) is 10.1. The molecular formula is C41H39ClN8O4S2. The van der Waals surface area contributed by atoms with Crippen LogP contribution in [0.15, 0.2) is 131 Å². The first-order chi connectivity index (χ1) is 27.2. The number of aromatic nitrogens is 2. The van der Waals surface area contributed by atoms with Crippen molar-refractivity contribution in [3.8, 4) is 11.1 Å². The summed E-state index contributed by atoms with van der Waals surface area (Å²) in [6, 6.07) is 36.0. The molecule has 2 aliphatic heterocycles. The Morgan fingerprint density at radius 1 is 0.857 bits per heavy atom. The molecule has 0 bridgehead atoms. The minimum absolute atomic E-state index is 0.0325. The third kappa shape index (κ3) is 8.59. The first kappa shape index (κ1) is 37.7. The fourth-order valence-corrected chi connectivity index (χ4v) is 9.42. The number of hydrogen-bond donors (Lipinski definition) is 2. The molecule has 15 heteroatoms. The van der Waals surface area contributed by atoms with Gasteiger partial charge in [0.25, 0.3) is 15.7 Å². The maximum Gasteiger partial charge on any atom is 0.293 e. The highest BCUT2D eigenvalue weighted by molar-refractivity contribution is 7.97. The molecule has 0 aliphatic carbocycles. The summed E-state index contributed by atoms with van der Waals surface area (Å²) in [7, 11) is -4.24. The Morgan fingerprint density at radius 3 is 2.41 bits per heavy atom. The molecule has 5 aromatic carbocycles. The van der Waals surface area contributed by atoms with Gasteiger partial charge in [0.05, 0.1) is 15.3 Å². The lowest BCUT2D eigenvalue weighted by atomic mass is 9.99. The van der Waals surface area contributed by atoms with Crippen LogP contribution < -0.4 is 14.9 Å². The van der Waals surface area contributed by atoms with Crippen molar-refractivity contribution in [2.45, 2.75) is 28.8 Å². The lowest BCUT2D eigenvalue weighted by molar-refractivity contribution is -0.384. The van der Waals surface area contributed by atoms with Crippen molar-refractivity contribution in [2.75, 3.05) is 54.2 Å². The minimum atomic E-state index is -4.24. The van der Waals surface area contributed by atoms with Crippen molar-refractivity contribution < 1.29 is 13.3 Å². The SMILES string of the molecule is O=[N+]([O-])c1cc(S(=O)(=O)Nc2ncnc3cc(N4CCN(Cc5ccccc5-c5ccc(Cl)cc5)CC4)ccc23)ccc1N[C@@H]1CCN(Sc2ccccc2)C1. The van der Waals surface area contributed by atoms with Crippen LogP contribution >= 0.6 is 23.5 Å². The van der Waals surface area contributed by atoms with Crippen LogP contribution in [0.5, 0.6) is 0 Å². The van der Waals surface area contributed by atoms with Gasteiger partial charge in [-0.1, -0.05) is 66.2 Å². The monoisotopic (exact) mass is 806 g/mol. The van der Waals surface area contributed by atoms with Crippen LogP contribution in [0.1, 0.15) is 12.0 Å². The number of fused-ring (bicyclic) bond motifs is 1. The Labute approximate surface area is 334 Å². The van der Waals surface area contributed by atoms with E-state index in [-0.39, 0.29) is 28.1 Å². The lowest BCUT2D eigenvalue weighted by Gasteiger charge is -2.36. The Bertz CT molecular complexity index is 2470. The van der Waals surface area contributed by atoms with E-state index in [1.807, 2.05) is 60.7 Å². The third-order valence-corrected chi connectivity index (χ3v) is 12.8. The van der Waals surface area contributed by atoms with Crippen molar-refractivity contribution in [1.29, 1.82) is 0 Å². The highest BCUT2D eigenvalue weighted by Crippen LogP contribution is 2.34. The molecule has 0 unspecified atom stereocenters. The summed E-state index contributed by atoms with van der Waals surface area (Å²) in [5.74, 6) is 0.0949. The molecule has 2 saturated heterocycles. The van der Waals surface area contributed by atoms with E-state index in [0.29, 0.717) is 22.5 Å². The predicted octanol–water partition coefficient (Wildman–Crippen LogP) is 8.17. The molecule has 3 heterocycles. The summed E-state index contributed by atoms with van der Waals surface area (Å²) in [5.41, 5.74) is 5.12. The highest BCUT2D eigenvalue weighted by atomic mass is 35.5. The van der Waals surface area contributed by atoms with Crippen LogP contribution in [0.3, 0.4) is 0 Å². The summed E-state index contributed by atoms with van der Waals surface area (Å²) >= 11 is 7.78. The van der Waals surface area contributed by atoms with Gasteiger partial charge in [-0.3, -0.25) is 19.7 Å². The first-order valence-electron chi connectivity index (χ1n) is 18.3. The molecule has 0 saturated carbocycles. The molecule has 0 amide bonds. The lowest BCUT2D eigenvalue weighted by Crippen LogP contribution is -2.46. The van der Waals surface area contributed by atoms with Gasteiger partial charge >= 0.3 is 0 Å². The van der Waals surface area contributed by atoms with Crippen molar-refractivity contribution in [1.82, 2.24) is 19.2 Å². The molecule has 1 atom stereocenters. The number of anilines is 3. The van der Waals surface area contributed by atoms with Crippen molar-refractivity contribution in [2.24, 2.45) is 0 Å². The van der Waals surface area contributed by atoms with Crippen LogP contribution in [0.4, 0.5) is 22.9 Å². The summed E-state index contributed by atoms with van der Waals surface area (Å²) in [6.07, 6.45) is 2.11. The average Bonchev–Trinajstić information content (AvgIpc) is 3.65. The van der Waals surface area contributed by atoms with E-state index >= 15 is 0 Å². The van der Waals surface area contributed by atoms with E-state index in [4.69, 9.17) is 11.6 Å². The van der Waals surface area contributed by atoms with Crippen LogP contribution in [-0.2, 0) is 16.6 Å². The van der Waals surface area contributed by atoms with Gasteiger partial charge in [-0.2, -0.15) is 0 Å². The maximum absolute atomic E-state index is 13.6. The molecule has 2 aliphatic rings. The van der Waals surface area contributed by atoms with Crippen molar-refractivity contribution in [3.63, 3.8) is 0 Å². The van der Waals surface area contributed by atoms with E-state index in [9.17, 15) is 18.5 Å². The summed E-state index contributed by atoms with van der Waals surface area (Å²) in [6.45, 7) is 5.69. The van der Waals surface area contributed by atoms with Crippen LogP contribution in [-0.4, -0.2) is 77.8 Å². The van der Waals surface area contributed by atoms with E-state index in [0.717, 1.165) is 67.9 Å². The Hall–Kier alpha value is -5.25. The summed E-state index contributed by atoms with van der Waals surface area (Å²) in [4.78, 5) is 25.9. The molecule has 2 fully saturated rings. The van der Waals surface area contributed by atoms with Crippen molar-refractivity contribution >= 4 is 67.4 Å². The number of nitrogens with zero attached hydrogens (tertiary/aromatic N) is 6. The Morgan fingerprint density at radius 2 is 1.62 bits per heavy atom. The topological polar surface area (TPSA) is 137 Å². The number of piperazine rings is 1. The molecule has 12 nitrogen and oxygen atoms in total. The number of rotatable bonds is 12. The quantitative estimate of drug-likeness (QED) is 0.0704. The number of sulfonamides is 1. The van der Waals surface area contributed by atoms with Crippen LogP contribution in [0.2, 0.25) is 5.02 Å². The van der Waals surface area contributed by atoms with E-state index in [2.05, 4.69) is 70.5 Å². The largest absolute Gasteiger partial charge is 0.375 e. The van der Waals surface area contributed by atoms with Crippen molar-refractivity contribution in [3.05, 3.63) is 142 Å². The number of halogens is 1. The maximum atomic E-state index is 13.6. The van der Waals surface area contributed by atoms with Gasteiger partial charge < -0.3 is 10.2 Å². The molecule has 56 heavy (non-hydrogen) atoms. The van der Waals surface area contributed by atoms with E-state index < -0.39 is 14.9 Å². The molecular weight excluding hydrogens is 768 g/mol. The molecule has 8 rings (SSSR count). The van der Waals surface area contributed by atoms with E-state index in [1.165, 1.54) is 29.6 Å². The Kier molecular flexibility index (Phi) is 11.1. The number of nitrogens with one attached hydrogen (secondary N) is 2. The Balaban J connectivity index is 0.917. The van der Waals surface area contributed by atoms with E-state index in [1.54, 1.807) is 11.9 Å². The van der Waals surface area contributed by atoms with Crippen LogP contribution in [0.25, 0.3) is 22.0 Å². The molecule has 0 radical (unpaired) electrons. The van der Waals surface area contributed by atoms with Gasteiger partial charge in [-0.15, -0.1) is 0 Å². The second-order valence-corrected chi connectivity index (χ2v) is 17.1. The average molecular weight is 807 g/mol. The van der Waals surface area contributed by atoms with Crippen LogP contribution in [0, 0.1) is 10.1 Å². The predicted molar refractivity (Wildman–Crippen MR) is 224 cm³/mol. The first-order valence-corrected chi connectivity index (χ1v) is 20.9. The second-order valence-electron chi connectivity index (χ2n) is 13.8. The summed E-state index contributed by atoms with van der Waals surface area (Å²) in [5, 5.41) is 16.7. The normalized spacial score (nSPS) is 16.6. The zero-order chi connectivity index (χ0) is 38.6. The smallest absolute Gasteiger partial charge is 0.293 e.